The smallest absolute Gasteiger partial charge is 0.140 e. The average molecular weight is 276 g/mol. The first-order chi connectivity index (χ1) is 9.24. The lowest BCUT2D eigenvalue weighted by Crippen LogP contribution is -2.19. The minimum absolute atomic E-state index is 0.541. The second kappa shape index (κ2) is 7.26. The first-order valence-corrected chi connectivity index (χ1v) is 7.44. The lowest BCUT2D eigenvalue weighted by atomic mass is 10.2. The minimum Gasteiger partial charge on any atom is -0.486 e. The number of para-hydroxylation sites is 1. The van der Waals surface area contributed by atoms with E-state index in [1.807, 2.05) is 30.3 Å². The number of ether oxygens (including phenoxy) is 1. The molecule has 0 bridgehead atoms. The van der Waals surface area contributed by atoms with Crippen molar-refractivity contribution in [2.75, 3.05) is 6.54 Å². The van der Waals surface area contributed by atoms with Crippen molar-refractivity contribution in [3.8, 4) is 5.75 Å². The van der Waals surface area contributed by atoms with Gasteiger partial charge in [-0.15, -0.1) is 11.3 Å². The first kappa shape index (κ1) is 14.0. The van der Waals surface area contributed by atoms with Crippen molar-refractivity contribution in [1.29, 1.82) is 0 Å². The fourth-order valence-corrected chi connectivity index (χ4v) is 2.35. The van der Waals surface area contributed by atoms with Crippen LogP contribution in [0.2, 0.25) is 0 Å². The van der Waals surface area contributed by atoms with E-state index in [0.717, 1.165) is 29.5 Å². The van der Waals surface area contributed by atoms with Gasteiger partial charge in [-0.25, -0.2) is 4.98 Å². The summed E-state index contributed by atoms with van der Waals surface area (Å²) in [5.41, 5.74) is 1.09. The molecule has 0 saturated heterocycles. The summed E-state index contributed by atoms with van der Waals surface area (Å²) in [6, 6.07) is 9.84. The largest absolute Gasteiger partial charge is 0.486 e. The summed E-state index contributed by atoms with van der Waals surface area (Å²) in [7, 11) is 0. The van der Waals surface area contributed by atoms with Crippen molar-refractivity contribution in [1.82, 2.24) is 10.3 Å². The maximum atomic E-state index is 5.68. The number of rotatable bonds is 7. The highest BCUT2D eigenvalue weighted by molar-refractivity contribution is 7.09. The molecule has 1 aromatic carbocycles. The summed E-state index contributed by atoms with van der Waals surface area (Å²) in [5.74, 6) is 1.55. The van der Waals surface area contributed by atoms with Crippen LogP contribution in [0.25, 0.3) is 0 Å². The Hall–Kier alpha value is -1.39. The van der Waals surface area contributed by atoms with Crippen LogP contribution in [0.15, 0.2) is 35.7 Å². The molecule has 0 saturated carbocycles. The van der Waals surface area contributed by atoms with Gasteiger partial charge in [0.2, 0.25) is 0 Å². The van der Waals surface area contributed by atoms with Crippen LogP contribution in [0, 0.1) is 5.92 Å². The van der Waals surface area contributed by atoms with Gasteiger partial charge >= 0.3 is 0 Å². The third-order valence-corrected chi connectivity index (χ3v) is 3.43. The molecule has 1 N–H and O–H groups in total. The predicted molar refractivity (Wildman–Crippen MR) is 79.4 cm³/mol. The molecule has 3 nitrogen and oxygen atoms in total. The second-order valence-corrected chi connectivity index (χ2v) is 5.80. The van der Waals surface area contributed by atoms with Crippen molar-refractivity contribution >= 4 is 11.3 Å². The molecular weight excluding hydrogens is 256 g/mol. The van der Waals surface area contributed by atoms with E-state index in [2.05, 4.69) is 29.5 Å². The van der Waals surface area contributed by atoms with Crippen molar-refractivity contribution in [2.24, 2.45) is 5.92 Å². The van der Waals surface area contributed by atoms with E-state index < -0.39 is 0 Å². The predicted octanol–water partition coefficient (Wildman–Crippen LogP) is 3.47. The Morgan fingerprint density at radius 1 is 1.26 bits per heavy atom. The molecule has 0 radical (unpaired) electrons. The van der Waals surface area contributed by atoms with E-state index in [4.69, 9.17) is 4.74 Å². The Morgan fingerprint density at radius 2 is 2.05 bits per heavy atom. The van der Waals surface area contributed by atoms with Gasteiger partial charge in [-0.2, -0.15) is 0 Å². The Kier molecular flexibility index (Phi) is 5.36. The third-order valence-electron chi connectivity index (χ3n) is 2.56. The zero-order valence-corrected chi connectivity index (χ0v) is 12.2. The number of nitrogens with zero attached hydrogens (tertiary/aromatic N) is 1. The van der Waals surface area contributed by atoms with Crippen molar-refractivity contribution in [2.45, 2.75) is 27.0 Å². The van der Waals surface area contributed by atoms with Crippen LogP contribution in [0.4, 0.5) is 0 Å². The molecule has 0 aliphatic rings. The van der Waals surface area contributed by atoms with Crippen LogP contribution < -0.4 is 10.1 Å². The fourth-order valence-electron chi connectivity index (χ4n) is 1.65. The Morgan fingerprint density at radius 3 is 2.79 bits per heavy atom. The molecule has 1 aromatic heterocycles. The molecule has 0 aliphatic carbocycles. The molecule has 0 aliphatic heterocycles. The Balaban J connectivity index is 1.77. The number of aromatic nitrogens is 1. The Labute approximate surface area is 118 Å². The van der Waals surface area contributed by atoms with Gasteiger partial charge in [-0.05, 0) is 24.6 Å². The van der Waals surface area contributed by atoms with Crippen LogP contribution in [-0.2, 0) is 13.2 Å². The average Bonchev–Trinajstić information content (AvgIpc) is 2.85. The topological polar surface area (TPSA) is 34.1 Å². The molecule has 102 valence electrons. The molecule has 2 rings (SSSR count). The SMILES string of the molecule is CC(C)CNCc1csc(COc2ccccc2)n1. The van der Waals surface area contributed by atoms with E-state index >= 15 is 0 Å². The number of benzene rings is 1. The summed E-state index contributed by atoms with van der Waals surface area (Å²) >= 11 is 1.65. The standard InChI is InChI=1S/C15H20N2OS/c1-12(2)8-16-9-13-11-19-15(17-13)10-18-14-6-4-3-5-7-14/h3-7,11-12,16H,8-10H2,1-2H3. The zero-order chi connectivity index (χ0) is 13.5. The third kappa shape index (κ3) is 5.01. The van der Waals surface area contributed by atoms with Gasteiger partial charge in [0, 0.05) is 11.9 Å². The molecule has 0 amide bonds. The Bertz CT molecular complexity index is 482. The minimum atomic E-state index is 0.541. The molecule has 0 unspecified atom stereocenters. The van der Waals surface area contributed by atoms with Crippen LogP contribution in [-0.4, -0.2) is 11.5 Å². The number of hydrogen-bond acceptors (Lipinski definition) is 4. The van der Waals surface area contributed by atoms with Crippen molar-refractivity contribution in [3.63, 3.8) is 0 Å². The highest BCUT2D eigenvalue weighted by Gasteiger charge is 2.03. The molecule has 2 aromatic rings. The molecule has 1 heterocycles. The first-order valence-electron chi connectivity index (χ1n) is 6.56. The van der Waals surface area contributed by atoms with Gasteiger partial charge in [0.15, 0.2) is 0 Å². The molecular formula is C15H20N2OS. The molecule has 0 atom stereocenters. The number of hydrogen-bond donors (Lipinski definition) is 1. The fraction of sp³-hybridized carbons (Fsp3) is 0.400. The van der Waals surface area contributed by atoms with Crippen LogP contribution in [0.5, 0.6) is 5.75 Å². The molecule has 4 heteroatoms. The van der Waals surface area contributed by atoms with Crippen LogP contribution in [0.1, 0.15) is 24.5 Å². The lowest BCUT2D eigenvalue weighted by molar-refractivity contribution is 0.305. The van der Waals surface area contributed by atoms with E-state index in [0.29, 0.717) is 12.5 Å². The lowest BCUT2D eigenvalue weighted by Gasteiger charge is -2.05. The summed E-state index contributed by atoms with van der Waals surface area (Å²) in [4.78, 5) is 4.55. The van der Waals surface area contributed by atoms with Crippen LogP contribution in [0.3, 0.4) is 0 Å². The summed E-state index contributed by atoms with van der Waals surface area (Å²) in [6.07, 6.45) is 0. The number of nitrogens with one attached hydrogen (secondary N) is 1. The highest BCUT2D eigenvalue weighted by atomic mass is 32.1. The second-order valence-electron chi connectivity index (χ2n) is 4.86. The van der Waals surface area contributed by atoms with E-state index in [1.165, 1.54) is 0 Å². The van der Waals surface area contributed by atoms with Crippen molar-refractivity contribution in [3.05, 3.63) is 46.4 Å². The van der Waals surface area contributed by atoms with Crippen LogP contribution >= 0.6 is 11.3 Å². The van der Waals surface area contributed by atoms with Gasteiger partial charge in [0.1, 0.15) is 17.4 Å². The van der Waals surface area contributed by atoms with Gasteiger partial charge < -0.3 is 10.1 Å². The normalized spacial score (nSPS) is 10.9. The van der Waals surface area contributed by atoms with E-state index in [-0.39, 0.29) is 0 Å². The summed E-state index contributed by atoms with van der Waals surface area (Å²) < 4.78 is 5.68. The van der Waals surface area contributed by atoms with E-state index in [9.17, 15) is 0 Å². The summed E-state index contributed by atoms with van der Waals surface area (Å²) in [6.45, 7) is 6.80. The van der Waals surface area contributed by atoms with E-state index in [1.54, 1.807) is 11.3 Å². The quantitative estimate of drug-likeness (QED) is 0.841. The summed E-state index contributed by atoms with van der Waals surface area (Å²) in [5, 5.41) is 6.50. The number of thiazole rings is 1. The zero-order valence-electron chi connectivity index (χ0n) is 11.4. The van der Waals surface area contributed by atoms with Gasteiger partial charge in [-0.3, -0.25) is 0 Å². The monoisotopic (exact) mass is 276 g/mol. The maximum absolute atomic E-state index is 5.68. The van der Waals surface area contributed by atoms with Crippen molar-refractivity contribution < 1.29 is 4.74 Å². The highest BCUT2D eigenvalue weighted by Crippen LogP contribution is 2.14. The van der Waals surface area contributed by atoms with Gasteiger partial charge in [0.25, 0.3) is 0 Å². The van der Waals surface area contributed by atoms with Gasteiger partial charge in [0.05, 0.1) is 5.69 Å². The van der Waals surface area contributed by atoms with Gasteiger partial charge in [-0.1, -0.05) is 32.0 Å². The molecule has 0 spiro atoms. The maximum Gasteiger partial charge on any atom is 0.140 e. The molecule has 19 heavy (non-hydrogen) atoms. The molecule has 0 fully saturated rings.